The van der Waals surface area contributed by atoms with Crippen LogP contribution < -0.4 is 15.5 Å². The predicted molar refractivity (Wildman–Crippen MR) is 135 cm³/mol. The summed E-state index contributed by atoms with van der Waals surface area (Å²) in [4.78, 5) is 19.2. The second-order valence-electron chi connectivity index (χ2n) is 8.06. The number of phenolic OH excluding ortho intramolecular Hbond substituents is 2. The minimum atomic E-state index is -0.383. The van der Waals surface area contributed by atoms with Crippen molar-refractivity contribution in [3.05, 3.63) is 82.0 Å². The minimum absolute atomic E-state index is 0.162. The largest absolute Gasteiger partial charge is 0.504 e. The van der Waals surface area contributed by atoms with Crippen molar-refractivity contribution in [2.45, 2.75) is 13.0 Å². The zero-order valence-electron chi connectivity index (χ0n) is 17.8. The Morgan fingerprint density at radius 2 is 1.62 bits per heavy atom. The Kier molecular flexibility index (Phi) is 5.81. The average molecular weight is 495 g/mol. The van der Waals surface area contributed by atoms with E-state index in [-0.39, 0.29) is 17.5 Å². The van der Waals surface area contributed by atoms with Gasteiger partial charge in [-0.05, 0) is 48.0 Å². The topological polar surface area (TPSA) is 97.7 Å². The van der Waals surface area contributed by atoms with Gasteiger partial charge in [0.15, 0.2) is 11.5 Å². The molecule has 0 atom stereocenters. The number of fused-ring (bicyclic) bond motifs is 2. The Labute approximate surface area is 205 Å². The fraction of sp³-hybridized carbons (Fsp3) is 0.120. The van der Waals surface area contributed by atoms with Crippen molar-refractivity contribution in [3.63, 3.8) is 0 Å². The van der Waals surface area contributed by atoms with Gasteiger partial charge in [-0.25, -0.2) is 4.79 Å². The molecule has 0 radical (unpaired) electrons. The van der Waals surface area contributed by atoms with E-state index in [2.05, 4.69) is 20.5 Å². The van der Waals surface area contributed by atoms with Crippen molar-refractivity contribution >= 4 is 57.2 Å². The smallest absolute Gasteiger partial charge is 0.323 e. The number of carbonyl (C=O) groups is 1. The summed E-state index contributed by atoms with van der Waals surface area (Å²) in [5.41, 5.74) is 4.92. The minimum Gasteiger partial charge on any atom is -0.504 e. The highest BCUT2D eigenvalue weighted by Crippen LogP contribution is 2.35. The van der Waals surface area contributed by atoms with Crippen molar-refractivity contribution in [1.29, 1.82) is 0 Å². The average Bonchev–Trinajstić information content (AvgIpc) is 3.18. The maximum atomic E-state index is 12.3. The van der Waals surface area contributed by atoms with Gasteiger partial charge in [0.2, 0.25) is 0 Å². The fourth-order valence-corrected chi connectivity index (χ4v) is 4.29. The summed E-state index contributed by atoms with van der Waals surface area (Å²) in [5, 5.41) is 26.6. The first kappa shape index (κ1) is 22.1. The molecule has 1 aliphatic heterocycles. The number of pyridine rings is 1. The molecule has 9 heteroatoms. The van der Waals surface area contributed by atoms with Crippen LogP contribution in [-0.2, 0) is 13.0 Å². The zero-order chi connectivity index (χ0) is 23.8. The van der Waals surface area contributed by atoms with Crippen molar-refractivity contribution in [2.75, 3.05) is 22.1 Å². The molecule has 4 aromatic rings. The van der Waals surface area contributed by atoms with E-state index in [1.165, 1.54) is 12.1 Å². The number of hydrogen-bond donors (Lipinski definition) is 4. The molecule has 0 unspecified atom stereocenters. The number of urea groups is 1. The summed E-state index contributed by atoms with van der Waals surface area (Å²) in [5.74, 6) is -0.334. The van der Waals surface area contributed by atoms with Gasteiger partial charge in [0.05, 0.1) is 26.9 Å². The van der Waals surface area contributed by atoms with Crippen LogP contribution in [0.4, 0.5) is 21.9 Å². The second-order valence-corrected chi connectivity index (χ2v) is 8.88. The molecule has 0 aliphatic carbocycles. The lowest BCUT2D eigenvalue weighted by atomic mass is 10.1. The van der Waals surface area contributed by atoms with Crippen LogP contribution in [0.5, 0.6) is 11.5 Å². The van der Waals surface area contributed by atoms with Gasteiger partial charge in [-0.1, -0.05) is 35.3 Å². The highest BCUT2D eigenvalue weighted by molar-refractivity contribution is 6.42. The molecule has 0 spiro atoms. The number of nitrogens with zero attached hydrogens (tertiary/aromatic N) is 2. The van der Waals surface area contributed by atoms with Crippen molar-refractivity contribution in [3.8, 4) is 11.5 Å². The van der Waals surface area contributed by atoms with Crippen molar-refractivity contribution in [1.82, 2.24) is 4.98 Å². The van der Waals surface area contributed by atoms with Gasteiger partial charge in [0.25, 0.3) is 0 Å². The maximum absolute atomic E-state index is 12.3. The Hall–Kier alpha value is -3.68. The number of phenols is 2. The number of halogens is 2. The van der Waals surface area contributed by atoms with Crippen LogP contribution in [0.1, 0.15) is 11.3 Å². The molecular weight excluding hydrogens is 475 g/mol. The second kappa shape index (κ2) is 8.93. The number of anilines is 3. The lowest BCUT2D eigenvalue weighted by Crippen LogP contribution is -2.20. The molecule has 0 bridgehead atoms. The van der Waals surface area contributed by atoms with E-state index >= 15 is 0 Å². The monoisotopic (exact) mass is 494 g/mol. The van der Waals surface area contributed by atoms with E-state index < -0.39 is 0 Å². The molecule has 5 rings (SSSR count). The summed E-state index contributed by atoms with van der Waals surface area (Å²) in [6.45, 7) is 1.50. The number of hydrogen-bond acceptors (Lipinski definition) is 5. The molecule has 4 N–H and O–H groups in total. The van der Waals surface area contributed by atoms with Gasteiger partial charge in [-0.2, -0.15) is 0 Å². The first-order chi connectivity index (χ1) is 16.4. The van der Waals surface area contributed by atoms with Gasteiger partial charge in [-0.3, -0.25) is 4.98 Å². The van der Waals surface area contributed by atoms with E-state index in [0.717, 1.165) is 35.3 Å². The molecule has 7 nitrogen and oxygen atoms in total. The van der Waals surface area contributed by atoms with E-state index in [4.69, 9.17) is 23.2 Å². The lowest BCUT2D eigenvalue weighted by Gasteiger charge is -2.20. The molecular formula is C25H20Cl2N4O3. The van der Waals surface area contributed by atoms with E-state index in [1.54, 1.807) is 18.2 Å². The molecule has 2 heterocycles. The summed E-state index contributed by atoms with van der Waals surface area (Å²) in [6.07, 6.45) is 0.807. The number of rotatable bonds is 4. The predicted octanol–water partition coefficient (Wildman–Crippen LogP) is 6.16. The number of aromatic nitrogens is 1. The van der Waals surface area contributed by atoms with Gasteiger partial charge < -0.3 is 25.7 Å². The first-order valence-electron chi connectivity index (χ1n) is 10.6. The van der Waals surface area contributed by atoms with Crippen LogP contribution in [-0.4, -0.2) is 27.8 Å². The van der Waals surface area contributed by atoms with Gasteiger partial charge >= 0.3 is 6.03 Å². The van der Waals surface area contributed by atoms with Crippen LogP contribution in [0.2, 0.25) is 10.0 Å². The molecule has 3 aromatic carbocycles. The molecule has 0 saturated heterocycles. The number of aromatic hydroxyl groups is 2. The van der Waals surface area contributed by atoms with Crippen molar-refractivity contribution < 1.29 is 15.0 Å². The van der Waals surface area contributed by atoms with Gasteiger partial charge in [0.1, 0.15) is 0 Å². The molecule has 2 amide bonds. The Bertz CT molecular complexity index is 1410. The first-order valence-corrected chi connectivity index (χ1v) is 11.3. The molecule has 1 aromatic heterocycles. The summed E-state index contributed by atoms with van der Waals surface area (Å²) < 4.78 is 0. The van der Waals surface area contributed by atoms with Crippen molar-refractivity contribution in [2.24, 2.45) is 0 Å². The molecule has 0 fully saturated rings. The number of nitrogens with one attached hydrogen (secondary N) is 2. The highest BCUT2D eigenvalue weighted by Gasteiger charge is 2.22. The Morgan fingerprint density at radius 1 is 0.912 bits per heavy atom. The molecule has 172 valence electrons. The SMILES string of the molecule is O=C(Nc1ccc(CN2CCc3nc4cc(O)c(O)cc4cc32)cc1)Nc1ccc(Cl)c(Cl)c1. The number of benzene rings is 3. The molecule has 1 aliphatic rings. The van der Waals surface area contributed by atoms with Crippen LogP contribution in [0.25, 0.3) is 10.9 Å². The van der Waals surface area contributed by atoms with E-state index in [9.17, 15) is 15.0 Å². The standard InChI is InChI=1S/C25H20Cl2N4O3/c26-18-6-5-17(11-19(18)27)29-25(34)28-16-3-1-14(2-4-16)13-31-8-7-20-22(31)9-15-10-23(32)24(33)12-21(15)30-20/h1-6,9-12,32-33H,7-8,13H2,(H2,28,29,34). The highest BCUT2D eigenvalue weighted by atomic mass is 35.5. The zero-order valence-corrected chi connectivity index (χ0v) is 19.4. The third-order valence-electron chi connectivity index (χ3n) is 5.69. The summed E-state index contributed by atoms with van der Waals surface area (Å²) in [6, 6.07) is 17.1. The Balaban J connectivity index is 1.25. The molecule has 34 heavy (non-hydrogen) atoms. The fourth-order valence-electron chi connectivity index (χ4n) is 3.99. The van der Waals surface area contributed by atoms with Crippen LogP contribution in [0.3, 0.4) is 0 Å². The van der Waals surface area contributed by atoms with Gasteiger partial charge in [-0.15, -0.1) is 0 Å². The third-order valence-corrected chi connectivity index (χ3v) is 6.43. The summed E-state index contributed by atoms with van der Waals surface area (Å²) in [7, 11) is 0. The van der Waals surface area contributed by atoms with E-state index in [1.807, 2.05) is 30.3 Å². The van der Waals surface area contributed by atoms with Crippen LogP contribution in [0, 0.1) is 0 Å². The number of amides is 2. The quantitative estimate of drug-likeness (QED) is 0.254. The van der Waals surface area contributed by atoms with Crippen LogP contribution in [0.15, 0.2) is 60.7 Å². The number of carbonyl (C=O) groups excluding carboxylic acids is 1. The Morgan fingerprint density at radius 3 is 2.38 bits per heavy atom. The lowest BCUT2D eigenvalue weighted by molar-refractivity contribution is 0.262. The van der Waals surface area contributed by atoms with Crippen LogP contribution >= 0.6 is 23.2 Å². The third kappa shape index (κ3) is 4.53. The molecule has 0 saturated carbocycles. The normalized spacial score (nSPS) is 12.6. The summed E-state index contributed by atoms with van der Waals surface area (Å²) >= 11 is 11.9. The van der Waals surface area contributed by atoms with Gasteiger partial charge in [0, 0.05) is 42.3 Å². The van der Waals surface area contributed by atoms with E-state index in [0.29, 0.717) is 33.5 Å². The maximum Gasteiger partial charge on any atom is 0.323 e.